The van der Waals surface area contributed by atoms with Crippen molar-refractivity contribution in [3.8, 4) is 5.75 Å². The van der Waals surface area contributed by atoms with Crippen LogP contribution in [0.1, 0.15) is 22.9 Å². The average Bonchev–Trinajstić information content (AvgIpc) is 3.17. The molecule has 25 heavy (non-hydrogen) atoms. The molecule has 0 aliphatic carbocycles. The van der Waals surface area contributed by atoms with Gasteiger partial charge in [-0.05, 0) is 23.3 Å². The van der Waals surface area contributed by atoms with Crippen LogP contribution in [-0.2, 0) is 17.8 Å². The molecular weight excluding hydrogens is 314 g/mol. The Bertz CT molecular complexity index is 788. The molecule has 0 saturated heterocycles. The third-order valence-corrected chi connectivity index (χ3v) is 3.92. The molecule has 0 aliphatic rings. The predicted octanol–water partition coefficient (Wildman–Crippen LogP) is 3.36. The number of ether oxygens (including phenoxy) is 1. The highest BCUT2D eigenvalue weighted by Crippen LogP contribution is 2.25. The quantitative estimate of drug-likeness (QED) is 0.642. The van der Waals surface area contributed by atoms with Gasteiger partial charge in [-0.15, -0.1) is 0 Å². The van der Waals surface area contributed by atoms with Gasteiger partial charge in [-0.25, -0.2) is 4.98 Å². The van der Waals surface area contributed by atoms with E-state index in [1.807, 2.05) is 42.5 Å². The lowest BCUT2D eigenvalue weighted by Gasteiger charge is -2.19. The van der Waals surface area contributed by atoms with Crippen LogP contribution in [0.4, 0.5) is 0 Å². The Balaban J connectivity index is 1.78. The zero-order chi connectivity index (χ0) is 17.5. The molecule has 2 aromatic carbocycles. The van der Waals surface area contributed by atoms with Gasteiger partial charge in [-0.2, -0.15) is 0 Å². The molecule has 0 bridgehead atoms. The molecule has 1 atom stereocenters. The first kappa shape index (κ1) is 16.8. The Kier molecular flexibility index (Phi) is 5.46. The van der Waals surface area contributed by atoms with Crippen molar-refractivity contribution >= 4 is 6.41 Å². The number of imidazole rings is 1. The highest BCUT2D eigenvalue weighted by atomic mass is 16.5. The number of rotatable bonds is 8. The van der Waals surface area contributed by atoms with Gasteiger partial charge in [0.25, 0.3) is 0 Å². The number of carbonyl (C=O) groups excluding carboxylic acids is 1. The molecule has 5 heteroatoms. The number of amides is 1. The van der Waals surface area contributed by atoms with Crippen LogP contribution in [0.25, 0.3) is 0 Å². The van der Waals surface area contributed by atoms with Crippen LogP contribution in [0.2, 0.25) is 0 Å². The number of aromatic nitrogens is 2. The van der Waals surface area contributed by atoms with Crippen LogP contribution in [0.3, 0.4) is 0 Å². The van der Waals surface area contributed by atoms with Gasteiger partial charge in [0.05, 0.1) is 18.2 Å². The van der Waals surface area contributed by atoms with Crippen LogP contribution in [0.5, 0.6) is 5.75 Å². The summed E-state index contributed by atoms with van der Waals surface area (Å²) in [6.07, 6.45) is 4.84. The minimum atomic E-state index is -0.163. The maximum Gasteiger partial charge on any atom is 0.209 e. The number of aromatic amines is 1. The monoisotopic (exact) mass is 335 g/mol. The fourth-order valence-electron chi connectivity index (χ4n) is 2.69. The topological polar surface area (TPSA) is 58.2 Å². The fourth-order valence-corrected chi connectivity index (χ4v) is 2.69. The Morgan fingerprint density at radius 1 is 1.16 bits per heavy atom. The van der Waals surface area contributed by atoms with Crippen LogP contribution in [0.15, 0.2) is 67.1 Å². The summed E-state index contributed by atoms with van der Waals surface area (Å²) < 4.78 is 6.24. The van der Waals surface area contributed by atoms with E-state index in [4.69, 9.17) is 4.74 Å². The molecule has 3 rings (SSSR count). The number of H-pyrrole nitrogens is 1. The van der Waals surface area contributed by atoms with Gasteiger partial charge in [-0.1, -0.05) is 42.5 Å². The fraction of sp³-hybridized carbons (Fsp3) is 0.200. The first-order chi connectivity index (χ1) is 12.2. The van der Waals surface area contributed by atoms with Crippen molar-refractivity contribution in [1.29, 1.82) is 0 Å². The van der Waals surface area contributed by atoms with Crippen molar-refractivity contribution in [3.63, 3.8) is 0 Å². The molecule has 0 aliphatic heterocycles. The van der Waals surface area contributed by atoms with Gasteiger partial charge < -0.3 is 14.6 Å². The lowest BCUT2D eigenvalue weighted by Crippen LogP contribution is -2.15. The minimum absolute atomic E-state index is 0.163. The Labute approximate surface area is 147 Å². The molecule has 0 radical (unpaired) electrons. The van der Waals surface area contributed by atoms with Crippen molar-refractivity contribution in [2.45, 2.75) is 19.1 Å². The number of hydrogen-bond donors (Lipinski definition) is 1. The maximum absolute atomic E-state index is 10.8. The molecule has 128 valence electrons. The van der Waals surface area contributed by atoms with Gasteiger partial charge in [0.15, 0.2) is 0 Å². The Hall–Kier alpha value is -3.08. The van der Waals surface area contributed by atoms with E-state index >= 15 is 0 Å². The second-order valence-corrected chi connectivity index (χ2v) is 5.97. The normalized spacial score (nSPS) is 11.7. The molecule has 1 amide bonds. The molecule has 1 aromatic heterocycles. The number of nitrogens with zero attached hydrogens (tertiary/aromatic N) is 2. The van der Waals surface area contributed by atoms with E-state index < -0.39 is 0 Å². The second kappa shape index (κ2) is 8.15. The molecule has 0 saturated carbocycles. The highest BCUT2D eigenvalue weighted by Gasteiger charge is 2.16. The van der Waals surface area contributed by atoms with Gasteiger partial charge in [0.2, 0.25) is 6.41 Å². The van der Waals surface area contributed by atoms with Gasteiger partial charge in [-0.3, -0.25) is 4.79 Å². The second-order valence-electron chi connectivity index (χ2n) is 5.97. The largest absolute Gasteiger partial charge is 0.484 e. The van der Waals surface area contributed by atoms with Crippen LogP contribution >= 0.6 is 0 Å². The summed E-state index contributed by atoms with van der Waals surface area (Å²) in [7, 11) is 1.75. The van der Waals surface area contributed by atoms with Crippen molar-refractivity contribution in [2.24, 2.45) is 0 Å². The van der Waals surface area contributed by atoms with E-state index in [1.165, 1.54) is 5.56 Å². The summed E-state index contributed by atoms with van der Waals surface area (Å²) in [5, 5.41) is 0. The standard InChI is InChI=1S/C20H21N3O2/c1-23(15-24)13-17-8-5-9-18(10-17)25-20(19-12-21-14-22-19)11-16-6-3-2-4-7-16/h2-10,12,14-15,20H,11,13H2,1H3,(H,21,22). The van der Waals surface area contributed by atoms with E-state index in [2.05, 4.69) is 22.1 Å². The van der Waals surface area contributed by atoms with Gasteiger partial charge in [0, 0.05) is 20.0 Å². The average molecular weight is 335 g/mol. The predicted molar refractivity (Wildman–Crippen MR) is 96.1 cm³/mol. The first-order valence-electron chi connectivity index (χ1n) is 8.18. The van der Waals surface area contributed by atoms with Gasteiger partial charge >= 0.3 is 0 Å². The zero-order valence-corrected chi connectivity index (χ0v) is 14.1. The highest BCUT2D eigenvalue weighted by molar-refractivity contribution is 5.47. The van der Waals surface area contributed by atoms with Crippen LogP contribution < -0.4 is 4.74 Å². The molecule has 1 N–H and O–H groups in total. The van der Waals surface area contributed by atoms with Gasteiger partial charge in [0.1, 0.15) is 11.9 Å². The van der Waals surface area contributed by atoms with E-state index in [1.54, 1.807) is 24.5 Å². The van der Waals surface area contributed by atoms with Crippen molar-refractivity contribution < 1.29 is 9.53 Å². The SMILES string of the molecule is CN(C=O)Cc1cccc(OC(Cc2ccccc2)c2cnc[nH]2)c1. The van der Waals surface area contributed by atoms with Crippen molar-refractivity contribution in [3.05, 3.63) is 83.9 Å². The summed E-state index contributed by atoms with van der Waals surface area (Å²) in [5.74, 6) is 0.771. The molecular formula is C20H21N3O2. The Morgan fingerprint density at radius 3 is 2.68 bits per heavy atom. The van der Waals surface area contributed by atoms with E-state index in [0.29, 0.717) is 6.54 Å². The summed E-state index contributed by atoms with van der Waals surface area (Å²) >= 11 is 0. The lowest BCUT2D eigenvalue weighted by molar-refractivity contribution is -0.117. The third-order valence-electron chi connectivity index (χ3n) is 3.92. The van der Waals surface area contributed by atoms with Crippen molar-refractivity contribution in [1.82, 2.24) is 14.9 Å². The minimum Gasteiger partial charge on any atom is -0.484 e. The van der Waals surface area contributed by atoms with E-state index in [-0.39, 0.29) is 6.10 Å². The number of hydrogen-bond acceptors (Lipinski definition) is 3. The summed E-state index contributed by atoms with van der Waals surface area (Å²) in [6, 6.07) is 18.0. The van der Waals surface area contributed by atoms with Crippen LogP contribution in [0, 0.1) is 0 Å². The number of carbonyl (C=O) groups is 1. The lowest BCUT2D eigenvalue weighted by atomic mass is 10.1. The summed E-state index contributed by atoms with van der Waals surface area (Å²) in [5.41, 5.74) is 3.15. The molecule has 0 spiro atoms. The third kappa shape index (κ3) is 4.70. The zero-order valence-electron chi connectivity index (χ0n) is 14.1. The maximum atomic E-state index is 10.8. The van der Waals surface area contributed by atoms with Crippen molar-refractivity contribution in [2.75, 3.05) is 7.05 Å². The summed E-state index contributed by atoms with van der Waals surface area (Å²) in [4.78, 5) is 19.7. The molecule has 0 fully saturated rings. The summed E-state index contributed by atoms with van der Waals surface area (Å²) in [6.45, 7) is 0.550. The van der Waals surface area contributed by atoms with E-state index in [0.717, 1.165) is 29.8 Å². The smallest absolute Gasteiger partial charge is 0.209 e. The first-order valence-corrected chi connectivity index (χ1v) is 8.18. The molecule has 1 heterocycles. The van der Waals surface area contributed by atoms with Crippen LogP contribution in [-0.4, -0.2) is 28.3 Å². The number of nitrogens with one attached hydrogen (secondary N) is 1. The Morgan fingerprint density at radius 2 is 1.96 bits per heavy atom. The van der Waals surface area contributed by atoms with E-state index in [9.17, 15) is 4.79 Å². The number of benzene rings is 2. The molecule has 1 unspecified atom stereocenters. The molecule has 5 nitrogen and oxygen atoms in total. The molecule has 3 aromatic rings.